The van der Waals surface area contributed by atoms with Crippen molar-refractivity contribution >= 4 is 13.4 Å². The molecule has 0 spiro atoms. The smallest absolute Gasteiger partial charge is 0.404 e. The highest BCUT2D eigenvalue weighted by atomic mass is 31.2. The van der Waals surface area contributed by atoms with Gasteiger partial charge in [0.25, 0.3) is 0 Å². The van der Waals surface area contributed by atoms with Crippen molar-refractivity contribution in [1.29, 1.82) is 0 Å². The molecule has 3 rings (SSSR count). The third-order valence-corrected chi connectivity index (χ3v) is 4.80. The van der Waals surface area contributed by atoms with Gasteiger partial charge in [0.1, 0.15) is 5.75 Å². The van der Waals surface area contributed by atoms with Crippen LogP contribution in [0.1, 0.15) is 12.0 Å². The summed E-state index contributed by atoms with van der Waals surface area (Å²) in [6, 6.07) is 16.4. The standard InChI is InChI=1S/C18H16NO6P/c20-19(21)18(25-26(22,23)24-16-11-5-2-6-12-16)14-8-7-13-17(18)15-9-3-1-4-10-15/h1-13H,14H2,(H,22,23). The minimum atomic E-state index is -4.78. The average Bonchev–Trinajstić information content (AvgIpc) is 2.63. The van der Waals surface area contributed by atoms with Gasteiger partial charge in [0, 0.05) is 0 Å². The highest BCUT2D eigenvalue weighted by molar-refractivity contribution is 7.47. The predicted molar refractivity (Wildman–Crippen MR) is 95.9 cm³/mol. The minimum absolute atomic E-state index is 0.0772. The van der Waals surface area contributed by atoms with Crippen LogP contribution in [0.2, 0.25) is 0 Å². The van der Waals surface area contributed by atoms with E-state index in [9.17, 15) is 19.6 Å². The summed E-state index contributed by atoms with van der Waals surface area (Å²) in [4.78, 5) is 21.4. The Bertz CT molecular complexity index is 896. The summed E-state index contributed by atoms with van der Waals surface area (Å²) < 4.78 is 22.7. The molecule has 26 heavy (non-hydrogen) atoms. The number of rotatable bonds is 6. The molecule has 2 atom stereocenters. The van der Waals surface area contributed by atoms with E-state index in [1.807, 2.05) is 0 Å². The highest BCUT2D eigenvalue weighted by Gasteiger charge is 2.54. The van der Waals surface area contributed by atoms with E-state index in [0.717, 1.165) is 0 Å². The second kappa shape index (κ2) is 7.25. The third kappa shape index (κ3) is 3.75. The van der Waals surface area contributed by atoms with Crippen LogP contribution in [-0.2, 0) is 9.09 Å². The lowest BCUT2D eigenvalue weighted by molar-refractivity contribution is -0.596. The molecule has 2 unspecified atom stereocenters. The Labute approximate surface area is 150 Å². The van der Waals surface area contributed by atoms with Crippen molar-refractivity contribution in [2.45, 2.75) is 12.1 Å². The highest BCUT2D eigenvalue weighted by Crippen LogP contribution is 2.52. The van der Waals surface area contributed by atoms with Crippen molar-refractivity contribution in [3.63, 3.8) is 0 Å². The summed E-state index contributed by atoms with van der Waals surface area (Å²) in [5, 5.41) is 11.9. The normalized spacial score (nSPS) is 21.5. The Morgan fingerprint density at radius 2 is 1.69 bits per heavy atom. The first-order valence-electron chi connectivity index (χ1n) is 7.78. The molecule has 2 aromatic rings. The molecular formula is C18H16NO6P. The fourth-order valence-corrected chi connectivity index (χ4v) is 3.74. The molecule has 1 aliphatic rings. The van der Waals surface area contributed by atoms with Crippen molar-refractivity contribution in [2.75, 3.05) is 0 Å². The van der Waals surface area contributed by atoms with E-state index in [1.165, 1.54) is 24.3 Å². The number of nitrogens with zero attached hydrogens (tertiary/aromatic N) is 1. The Hall–Kier alpha value is -2.73. The van der Waals surface area contributed by atoms with Crippen molar-refractivity contribution in [3.05, 3.63) is 94.6 Å². The SMILES string of the molecule is O=[N+]([O-])C1(OP(=O)(O)Oc2ccccc2)CC=CC=C1c1ccccc1. The van der Waals surface area contributed by atoms with Crippen molar-refractivity contribution in [1.82, 2.24) is 0 Å². The molecule has 134 valence electrons. The van der Waals surface area contributed by atoms with E-state index in [1.54, 1.807) is 54.6 Å². The molecule has 0 bridgehead atoms. The zero-order chi connectivity index (χ0) is 18.6. The molecule has 0 aromatic heterocycles. The van der Waals surface area contributed by atoms with Gasteiger partial charge in [-0.3, -0.25) is 15.0 Å². The van der Waals surface area contributed by atoms with Crippen molar-refractivity contribution in [3.8, 4) is 5.75 Å². The van der Waals surface area contributed by atoms with Crippen LogP contribution in [0.25, 0.3) is 5.57 Å². The first-order chi connectivity index (χ1) is 12.4. The Kier molecular flexibility index (Phi) is 5.04. The number of phosphoric acid groups is 1. The van der Waals surface area contributed by atoms with Crippen LogP contribution in [0.15, 0.2) is 78.9 Å². The molecule has 1 aliphatic carbocycles. The van der Waals surface area contributed by atoms with Crippen molar-refractivity contribution < 1.29 is 23.4 Å². The number of nitro groups is 1. The van der Waals surface area contributed by atoms with Crippen LogP contribution in [-0.4, -0.2) is 15.5 Å². The van der Waals surface area contributed by atoms with E-state index < -0.39 is 18.5 Å². The van der Waals surface area contributed by atoms with Crippen LogP contribution < -0.4 is 4.52 Å². The molecule has 0 saturated heterocycles. The summed E-state index contributed by atoms with van der Waals surface area (Å²) in [5.74, 6) is 0.0772. The maximum Gasteiger partial charge on any atom is 0.533 e. The second-order valence-corrected chi connectivity index (χ2v) is 6.89. The van der Waals surface area contributed by atoms with Gasteiger partial charge in [0.05, 0.1) is 16.9 Å². The Balaban J connectivity index is 1.97. The minimum Gasteiger partial charge on any atom is -0.404 e. The summed E-state index contributed by atoms with van der Waals surface area (Å²) in [5.41, 5.74) is -1.53. The zero-order valence-corrected chi connectivity index (χ0v) is 14.5. The van der Waals surface area contributed by atoms with Gasteiger partial charge in [-0.2, -0.15) is 4.52 Å². The molecule has 7 nitrogen and oxygen atoms in total. The van der Waals surface area contributed by atoms with Crippen LogP contribution in [0.5, 0.6) is 5.75 Å². The summed E-state index contributed by atoms with van der Waals surface area (Å²) in [6.07, 6.45) is 4.46. The van der Waals surface area contributed by atoms with Gasteiger partial charge in [0.2, 0.25) is 0 Å². The van der Waals surface area contributed by atoms with Crippen LogP contribution >= 0.6 is 7.82 Å². The van der Waals surface area contributed by atoms with Gasteiger partial charge in [-0.1, -0.05) is 60.7 Å². The number of allylic oxidation sites excluding steroid dienone is 2. The van der Waals surface area contributed by atoms with E-state index in [2.05, 4.69) is 0 Å². The molecule has 0 aliphatic heterocycles. The maximum absolute atomic E-state index is 12.5. The van der Waals surface area contributed by atoms with Gasteiger partial charge in [-0.05, 0) is 23.8 Å². The number of para-hydroxylation sites is 1. The van der Waals surface area contributed by atoms with Gasteiger partial charge in [-0.15, -0.1) is 0 Å². The molecule has 1 N–H and O–H groups in total. The molecule has 0 saturated carbocycles. The van der Waals surface area contributed by atoms with Gasteiger partial charge >= 0.3 is 13.5 Å². The van der Waals surface area contributed by atoms with E-state index in [4.69, 9.17) is 9.05 Å². The molecule has 0 fully saturated rings. The molecular weight excluding hydrogens is 357 g/mol. The van der Waals surface area contributed by atoms with Crippen LogP contribution in [0.3, 0.4) is 0 Å². The number of benzene rings is 2. The van der Waals surface area contributed by atoms with Gasteiger partial charge in [0.15, 0.2) is 0 Å². The van der Waals surface area contributed by atoms with Crippen molar-refractivity contribution in [2.24, 2.45) is 0 Å². The van der Waals surface area contributed by atoms with E-state index >= 15 is 0 Å². The van der Waals surface area contributed by atoms with Gasteiger partial charge in [-0.25, -0.2) is 4.57 Å². The largest absolute Gasteiger partial charge is 0.533 e. The zero-order valence-electron chi connectivity index (χ0n) is 13.6. The molecule has 0 radical (unpaired) electrons. The number of hydrogen-bond donors (Lipinski definition) is 1. The number of phosphoric ester groups is 1. The topological polar surface area (TPSA) is 98.9 Å². The Morgan fingerprint density at radius 3 is 2.31 bits per heavy atom. The predicted octanol–water partition coefficient (Wildman–Crippen LogP) is 4.20. The lowest BCUT2D eigenvalue weighted by Gasteiger charge is -2.29. The van der Waals surface area contributed by atoms with Crippen LogP contribution in [0, 0.1) is 10.1 Å². The van der Waals surface area contributed by atoms with Crippen LogP contribution in [0.4, 0.5) is 0 Å². The summed E-state index contributed by atoms with van der Waals surface area (Å²) in [6.45, 7) is 0. The first kappa shape index (κ1) is 18.1. The van der Waals surface area contributed by atoms with Gasteiger partial charge < -0.3 is 4.52 Å². The average molecular weight is 373 g/mol. The lowest BCUT2D eigenvalue weighted by atomic mass is 9.89. The maximum atomic E-state index is 12.5. The fourth-order valence-electron chi connectivity index (χ4n) is 2.69. The lowest BCUT2D eigenvalue weighted by Crippen LogP contribution is -2.42. The third-order valence-electron chi connectivity index (χ3n) is 3.82. The Morgan fingerprint density at radius 1 is 1.08 bits per heavy atom. The molecule has 0 amide bonds. The number of hydrogen-bond acceptors (Lipinski definition) is 5. The molecule has 0 heterocycles. The summed E-state index contributed by atoms with van der Waals surface area (Å²) in [7, 11) is -4.78. The quantitative estimate of drug-likeness (QED) is 0.353. The molecule has 8 heteroatoms. The summed E-state index contributed by atoms with van der Waals surface area (Å²) >= 11 is 0. The molecule has 2 aromatic carbocycles. The van der Waals surface area contributed by atoms with E-state index in [0.29, 0.717) is 5.56 Å². The van der Waals surface area contributed by atoms with E-state index in [-0.39, 0.29) is 17.7 Å². The monoisotopic (exact) mass is 373 g/mol. The second-order valence-electron chi connectivity index (χ2n) is 5.58. The first-order valence-corrected chi connectivity index (χ1v) is 9.28. The fraction of sp³-hybridized carbons (Fsp3) is 0.111.